The quantitative estimate of drug-likeness (QED) is 0.172. The molecule has 0 atom stereocenters. The van der Waals surface area contributed by atoms with Crippen molar-refractivity contribution >= 4 is 35.0 Å². The van der Waals surface area contributed by atoms with Crippen LogP contribution in [-0.4, -0.2) is 32.1 Å². The van der Waals surface area contributed by atoms with Crippen molar-refractivity contribution < 1.29 is 4.79 Å². The summed E-state index contributed by atoms with van der Waals surface area (Å²) in [4.78, 5) is 12.6. The number of carbonyl (C=O) groups is 1. The van der Waals surface area contributed by atoms with Gasteiger partial charge in [-0.05, 0) is 36.1 Å². The van der Waals surface area contributed by atoms with Crippen LogP contribution in [0.3, 0.4) is 0 Å². The van der Waals surface area contributed by atoms with Crippen molar-refractivity contribution in [3.05, 3.63) is 95.0 Å². The molecular formula is C28H28ClN5OS. The number of nitrogens with one attached hydrogen (secondary N) is 1. The molecule has 0 radical (unpaired) electrons. The fourth-order valence-corrected chi connectivity index (χ4v) is 4.62. The number of nitrogens with zero attached hydrogens (tertiary/aromatic N) is 4. The minimum absolute atomic E-state index is 0.0622. The highest BCUT2D eigenvalue weighted by Crippen LogP contribution is 2.30. The second-order valence-corrected chi connectivity index (χ2v) is 10.7. The zero-order chi connectivity index (χ0) is 25.7. The molecule has 1 amide bonds. The summed E-state index contributed by atoms with van der Waals surface area (Å²) in [5.41, 5.74) is 7.20. The number of benzene rings is 3. The molecule has 3 aromatic carbocycles. The van der Waals surface area contributed by atoms with Crippen LogP contribution in [0.15, 0.2) is 89.1 Å². The molecule has 0 saturated heterocycles. The van der Waals surface area contributed by atoms with E-state index in [4.69, 9.17) is 11.6 Å². The third-order valence-electron chi connectivity index (χ3n) is 5.60. The summed E-state index contributed by atoms with van der Waals surface area (Å²) in [5.74, 6) is 0.606. The van der Waals surface area contributed by atoms with Gasteiger partial charge in [0, 0.05) is 21.8 Å². The van der Waals surface area contributed by atoms with Gasteiger partial charge in [0.1, 0.15) is 0 Å². The van der Waals surface area contributed by atoms with Crippen LogP contribution in [0.5, 0.6) is 0 Å². The fourth-order valence-electron chi connectivity index (χ4n) is 3.60. The molecule has 36 heavy (non-hydrogen) atoms. The smallest absolute Gasteiger partial charge is 0.250 e. The van der Waals surface area contributed by atoms with Crippen LogP contribution in [-0.2, 0) is 10.2 Å². The molecule has 4 rings (SSSR count). The minimum Gasteiger partial charge on any atom is -0.272 e. The standard InChI is InChI=1S/C28H28ClN5OS/c1-19(23-12-8-9-13-24(23)29)30-31-25(35)18-36-27-33-32-26(34(27)22-10-6-5-7-11-22)20-14-16-21(17-15-20)28(2,3)4/h5-17H,18H2,1-4H3,(H,31,35)/b30-19-. The Morgan fingerprint density at radius 3 is 2.31 bits per heavy atom. The minimum atomic E-state index is -0.245. The molecule has 0 bridgehead atoms. The monoisotopic (exact) mass is 517 g/mol. The molecule has 0 aliphatic carbocycles. The average molecular weight is 518 g/mol. The number of para-hydroxylation sites is 1. The van der Waals surface area contributed by atoms with E-state index in [0.717, 1.165) is 22.6 Å². The summed E-state index contributed by atoms with van der Waals surface area (Å²) in [7, 11) is 0. The van der Waals surface area contributed by atoms with Gasteiger partial charge in [-0.3, -0.25) is 9.36 Å². The van der Waals surface area contributed by atoms with E-state index in [9.17, 15) is 4.79 Å². The molecular weight excluding hydrogens is 490 g/mol. The number of thioether (sulfide) groups is 1. The van der Waals surface area contributed by atoms with E-state index in [0.29, 0.717) is 15.9 Å². The van der Waals surface area contributed by atoms with Crippen molar-refractivity contribution in [3.63, 3.8) is 0 Å². The van der Waals surface area contributed by atoms with E-state index in [-0.39, 0.29) is 17.1 Å². The summed E-state index contributed by atoms with van der Waals surface area (Å²) >= 11 is 7.52. The number of hydrazone groups is 1. The lowest BCUT2D eigenvalue weighted by Crippen LogP contribution is -2.21. The molecule has 6 nitrogen and oxygen atoms in total. The Morgan fingerprint density at radius 1 is 0.972 bits per heavy atom. The third-order valence-corrected chi connectivity index (χ3v) is 6.86. The van der Waals surface area contributed by atoms with Gasteiger partial charge in [0.25, 0.3) is 5.91 Å². The van der Waals surface area contributed by atoms with E-state index in [1.807, 2.05) is 53.1 Å². The lowest BCUT2D eigenvalue weighted by atomic mass is 9.87. The van der Waals surface area contributed by atoms with Crippen molar-refractivity contribution in [2.75, 3.05) is 5.75 Å². The number of hydrogen-bond acceptors (Lipinski definition) is 5. The van der Waals surface area contributed by atoms with Gasteiger partial charge in [0.15, 0.2) is 11.0 Å². The van der Waals surface area contributed by atoms with Gasteiger partial charge in [0.05, 0.1) is 11.5 Å². The molecule has 0 aliphatic heterocycles. The average Bonchev–Trinajstić information content (AvgIpc) is 3.30. The number of carbonyl (C=O) groups excluding carboxylic acids is 1. The van der Waals surface area contributed by atoms with Crippen molar-refractivity contribution in [1.29, 1.82) is 0 Å². The number of rotatable bonds is 7. The second-order valence-electron chi connectivity index (χ2n) is 9.31. The van der Waals surface area contributed by atoms with Crippen LogP contribution in [0, 0.1) is 0 Å². The van der Waals surface area contributed by atoms with Crippen LogP contribution < -0.4 is 5.43 Å². The Morgan fingerprint density at radius 2 is 1.64 bits per heavy atom. The molecule has 1 aromatic heterocycles. The first-order valence-electron chi connectivity index (χ1n) is 11.6. The molecule has 184 valence electrons. The van der Waals surface area contributed by atoms with E-state index >= 15 is 0 Å². The van der Waals surface area contributed by atoms with Crippen LogP contribution in [0.4, 0.5) is 0 Å². The van der Waals surface area contributed by atoms with Crippen molar-refractivity contribution in [2.24, 2.45) is 5.10 Å². The zero-order valence-electron chi connectivity index (χ0n) is 20.7. The van der Waals surface area contributed by atoms with Crippen LogP contribution in [0.1, 0.15) is 38.8 Å². The second kappa shape index (κ2) is 11.1. The Balaban J connectivity index is 1.54. The maximum Gasteiger partial charge on any atom is 0.250 e. The molecule has 0 spiro atoms. The Labute approximate surface area is 220 Å². The summed E-state index contributed by atoms with van der Waals surface area (Å²) in [6.07, 6.45) is 0. The molecule has 4 aromatic rings. The molecule has 8 heteroatoms. The largest absolute Gasteiger partial charge is 0.272 e. The van der Waals surface area contributed by atoms with Crippen LogP contribution in [0.25, 0.3) is 17.1 Å². The van der Waals surface area contributed by atoms with Gasteiger partial charge >= 0.3 is 0 Å². The predicted octanol–water partition coefficient (Wildman–Crippen LogP) is 6.52. The molecule has 0 fully saturated rings. The van der Waals surface area contributed by atoms with Gasteiger partial charge in [-0.1, -0.05) is 105 Å². The highest BCUT2D eigenvalue weighted by atomic mass is 35.5. The van der Waals surface area contributed by atoms with Gasteiger partial charge in [0.2, 0.25) is 0 Å². The number of hydrogen-bond donors (Lipinski definition) is 1. The van der Waals surface area contributed by atoms with Gasteiger partial charge < -0.3 is 0 Å². The topological polar surface area (TPSA) is 72.2 Å². The van der Waals surface area contributed by atoms with E-state index in [1.54, 1.807) is 13.0 Å². The molecule has 1 heterocycles. The van der Waals surface area contributed by atoms with Gasteiger partial charge in [-0.15, -0.1) is 10.2 Å². The highest BCUT2D eigenvalue weighted by molar-refractivity contribution is 7.99. The van der Waals surface area contributed by atoms with E-state index in [2.05, 4.69) is 65.8 Å². The Kier molecular flexibility index (Phi) is 7.91. The van der Waals surface area contributed by atoms with Crippen molar-refractivity contribution in [3.8, 4) is 17.1 Å². The molecule has 0 saturated carbocycles. The van der Waals surface area contributed by atoms with Crippen molar-refractivity contribution in [1.82, 2.24) is 20.2 Å². The Bertz CT molecular complexity index is 1380. The van der Waals surface area contributed by atoms with Crippen molar-refractivity contribution in [2.45, 2.75) is 38.3 Å². The maximum atomic E-state index is 12.6. The summed E-state index contributed by atoms with van der Waals surface area (Å²) in [6, 6.07) is 25.7. The van der Waals surface area contributed by atoms with Crippen LogP contribution >= 0.6 is 23.4 Å². The Hall–Kier alpha value is -3.42. The summed E-state index contributed by atoms with van der Waals surface area (Å²) in [6.45, 7) is 8.37. The predicted molar refractivity (Wildman–Crippen MR) is 148 cm³/mol. The third kappa shape index (κ3) is 6.04. The maximum absolute atomic E-state index is 12.6. The lowest BCUT2D eigenvalue weighted by molar-refractivity contribution is -0.118. The van der Waals surface area contributed by atoms with Gasteiger partial charge in [-0.2, -0.15) is 5.10 Å². The summed E-state index contributed by atoms with van der Waals surface area (Å²) < 4.78 is 1.97. The normalized spacial score (nSPS) is 12.0. The fraction of sp³-hybridized carbons (Fsp3) is 0.214. The lowest BCUT2D eigenvalue weighted by Gasteiger charge is -2.19. The summed E-state index contributed by atoms with van der Waals surface area (Å²) in [5, 5.41) is 14.3. The molecule has 1 N–H and O–H groups in total. The number of aromatic nitrogens is 3. The molecule has 0 unspecified atom stereocenters. The van der Waals surface area contributed by atoms with Crippen LogP contribution in [0.2, 0.25) is 5.02 Å². The van der Waals surface area contributed by atoms with E-state index < -0.39 is 0 Å². The number of halogens is 1. The molecule has 0 aliphatic rings. The van der Waals surface area contributed by atoms with Gasteiger partial charge in [-0.25, -0.2) is 5.43 Å². The first-order valence-corrected chi connectivity index (χ1v) is 12.9. The highest BCUT2D eigenvalue weighted by Gasteiger charge is 2.19. The SMILES string of the molecule is C/C(=N/NC(=O)CSc1nnc(-c2ccc(C(C)(C)C)cc2)n1-c1ccccc1)c1ccccc1Cl. The first kappa shape index (κ1) is 25.7. The zero-order valence-corrected chi connectivity index (χ0v) is 22.3. The first-order chi connectivity index (χ1) is 17.2. The number of amides is 1. The van der Waals surface area contributed by atoms with E-state index in [1.165, 1.54) is 17.3 Å².